The molecule has 1 aromatic carbocycles. The van der Waals surface area contributed by atoms with Gasteiger partial charge < -0.3 is 14.8 Å². The van der Waals surface area contributed by atoms with Crippen LogP contribution >= 0.6 is 11.6 Å². The predicted molar refractivity (Wildman–Crippen MR) is 65.1 cm³/mol. The Bertz CT molecular complexity index is 592. The summed E-state index contributed by atoms with van der Waals surface area (Å²) in [6.45, 7) is 0. The number of aromatic carboxylic acids is 1. The summed E-state index contributed by atoms with van der Waals surface area (Å²) < 4.78 is 4.91. The summed E-state index contributed by atoms with van der Waals surface area (Å²) in [7, 11) is 0. The van der Waals surface area contributed by atoms with Crippen LogP contribution in [0.1, 0.15) is 20.9 Å². The second-order valence-electron chi connectivity index (χ2n) is 3.47. The molecule has 0 aliphatic carbocycles. The van der Waals surface area contributed by atoms with Crippen molar-refractivity contribution in [3.8, 4) is 0 Å². The molecule has 1 aromatic heterocycles. The normalized spacial score (nSPS) is 10.1. The molecule has 0 bridgehead atoms. The van der Waals surface area contributed by atoms with E-state index in [0.29, 0.717) is 5.69 Å². The minimum atomic E-state index is -1.12. The van der Waals surface area contributed by atoms with Crippen molar-refractivity contribution < 1.29 is 19.1 Å². The van der Waals surface area contributed by atoms with Crippen LogP contribution in [0.2, 0.25) is 5.02 Å². The van der Waals surface area contributed by atoms with Crippen molar-refractivity contribution in [3.05, 3.63) is 52.9 Å². The van der Waals surface area contributed by atoms with Crippen LogP contribution < -0.4 is 5.32 Å². The van der Waals surface area contributed by atoms with E-state index in [4.69, 9.17) is 21.1 Å². The van der Waals surface area contributed by atoms with Crippen molar-refractivity contribution in [2.24, 2.45) is 0 Å². The van der Waals surface area contributed by atoms with Crippen molar-refractivity contribution in [3.63, 3.8) is 0 Å². The SMILES string of the molecule is O=C(O)c1cc(Cl)cc(NC(=O)c2ccco2)c1. The lowest BCUT2D eigenvalue weighted by Crippen LogP contribution is -2.11. The summed E-state index contributed by atoms with van der Waals surface area (Å²) in [6, 6.07) is 7.14. The van der Waals surface area contributed by atoms with E-state index in [1.54, 1.807) is 6.07 Å². The molecule has 2 aromatic rings. The zero-order chi connectivity index (χ0) is 13.1. The van der Waals surface area contributed by atoms with Crippen LogP contribution in [0.15, 0.2) is 41.0 Å². The zero-order valence-corrected chi connectivity index (χ0v) is 9.77. The first kappa shape index (κ1) is 12.2. The second kappa shape index (κ2) is 4.93. The summed E-state index contributed by atoms with van der Waals surface area (Å²) in [5.41, 5.74) is 0.290. The third-order valence-corrected chi connectivity index (χ3v) is 2.37. The molecule has 1 amide bonds. The number of carboxylic acids is 1. The van der Waals surface area contributed by atoms with E-state index in [1.807, 2.05) is 0 Å². The van der Waals surface area contributed by atoms with E-state index >= 15 is 0 Å². The number of carbonyl (C=O) groups is 2. The molecule has 2 N–H and O–H groups in total. The molecule has 0 saturated carbocycles. The maximum atomic E-state index is 11.7. The zero-order valence-electron chi connectivity index (χ0n) is 9.01. The number of carbonyl (C=O) groups excluding carboxylic acids is 1. The van der Waals surface area contributed by atoms with E-state index in [2.05, 4.69) is 5.32 Å². The quantitative estimate of drug-likeness (QED) is 0.894. The van der Waals surface area contributed by atoms with Crippen LogP contribution in [0.25, 0.3) is 0 Å². The average Bonchev–Trinajstić information content (AvgIpc) is 2.81. The lowest BCUT2D eigenvalue weighted by molar-refractivity contribution is 0.0696. The van der Waals surface area contributed by atoms with Gasteiger partial charge in [-0.2, -0.15) is 0 Å². The van der Waals surface area contributed by atoms with Crippen molar-refractivity contribution >= 4 is 29.2 Å². The van der Waals surface area contributed by atoms with Crippen LogP contribution in [0.5, 0.6) is 0 Å². The fourth-order valence-corrected chi connectivity index (χ4v) is 1.62. The largest absolute Gasteiger partial charge is 0.478 e. The molecule has 0 aliphatic rings. The molecular weight excluding hydrogens is 258 g/mol. The molecule has 1 heterocycles. The first-order valence-corrected chi connectivity index (χ1v) is 5.33. The first-order valence-electron chi connectivity index (χ1n) is 4.95. The van der Waals surface area contributed by atoms with Crippen molar-refractivity contribution in [2.75, 3.05) is 5.32 Å². The maximum absolute atomic E-state index is 11.7. The molecule has 92 valence electrons. The molecule has 5 nitrogen and oxygen atoms in total. The minimum absolute atomic E-state index is 0.00255. The predicted octanol–water partition coefficient (Wildman–Crippen LogP) is 2.88. The van der Waals surface area contributed by atoms with Gasteiger partial charge in [-0.05, 0) is 30.3 Å². The highest BCUT2D eigenvalue weighted by atomic mass is 35.5. The van der Waals surface area contributed by atoms with E-state index in [0.717, 1.165) is 0 Å². The van der Waals surface area contributed by atoms with E-state index in [1.165, 1.54) is 30.5 Å². The molecule has 18 heavy (non-hydrogen) atoms. The standard InChI is InChI=1S/C12H8ClNO4/c13-8-4-7(12(16)17)5-9(6-8)14-11(15)10-2-1-3-18-10/h1-6H,(H,14,15)(H,16,17). The van der Waals surface area contributed by atoms with E-state index < -0.39 is 11.9 Å². The summed E-state index contributed by atoms with van der Waals surface area (Å²) in [5, 5.41) is 11.6. The second-order valence-corrected chi connectivity index (χ2v) is 3.90. The van der Waals surface area contributed by atoms with Gasteiger partial charge >= 0.3 is 5.97 Å². The fourth-order valence-electron chi connectivity index (χ4n) is 1.39. The highest BCUT2D eigenvalue weighted by Crippen LogP contribution is 2.20. The first-order chi connectivity index (χ1) is 8.56. The molecule has 0 aliphatic heterocycles. The van der Waals surface area contributed by atoms with Crippen LogP contribution in [0.4, 0.5) is 5.69 Å². The summed E-state index contributed by atoms with van der Waals surface area (Å²) in [5.74, 6) is -1.46. The molecule has 2 rings (SSSR count). The molecule has 0 fully saturated rings. The van der Waals surface area contributed by atoms with Gasteiger partial charge in [0.2, 0.25) is 0 Å². The summed E-state index contributed by atoms with van der Waals surface area (Å²) in [6.07, 6.45) is 1.37. The van der Waals surface area contributed by atoms with Gasteiger partial charge in [0.05, 0.1) is 11.8 Å². The number of hydrogen-bond donors (Lipinski definition) is 2. The number of halogens is 1. The molecule has 0 spiro atoms. The minimum Gasteiger partial charge on any atom is -0.478 e. The van der Waals surface area contributed by atoms with Crippen LogP contribution in [0, 0.1) is 0 Å². The monoisotopic (exact) mass is 265 g/mol. The van der Waals surface area contributed by atoms with E-state index in [-0.39, 0.29) is 16.3 Å². The Hall–Kier alpha value is -2.27. The van der Waals surface area contributed by atoms with Gasteiger partial charge in [-0.15, -0.1) is 0 Å². The van der Waals surface area contributed by atoms with Crippen LogP contribution in [-0.2, 0) is 0 Å². The summed E-state index contributed by atoms with van der Waals surface area (Å²) in [4.78, 5) is 22.5. The molecule has 0 unspecified atom stereocenters. The Morgan fingerprint density at radius 1 is 1.28 bits per heavy atom. The average molecular weight is 266 g/mol. The number of hydrogen-bond acceptors (Lipinski definition) is 3. The number of carboxylic acid groups (broad SMARTS) is 1. The van der Waals surface area contributed by atoms with Crippen LogP contribution in [0.3, 0.4) is 0 Å². The Labute approximate surface area is 107 Å². The van der Waals surface area contributed by atoms with Crippen molar-refractivity contribution in [1.29, 1.82) is 0 Å². The number of rotatable bonds is 3. The lowest BCUT2D eigenvalue weighted by atomic mass is 10.2. The van der Waals surface area contributed by atoms with Gasteiger partial charge in [0.15, 0.2) is 5.76 Å². The molecule has 0 saturated heterocycles. The fraction of sp³-hybridized carbons (Fsp3) is 0. The van der Waals surface area contributed by atoms with Gasteiger partial charge in [-0.1, -0.05) is 11.6 Å². The van der Waals surface area contributed by atoms with Gasteiger partial charge in [-0.25, -0.2) is 4.79 Å². The summed E-state index contributed by atoms with van der Waals surface area (Å²) >= 11 is 5.76. The highest BCUT2D eigenvalue weighted by molar-refractivity contribution is 6.31. The van der Waals surface area contributed by atoms with Gasteiger partial charge in [-0.3, -0.25) is 4.79 Å². The van der Waals surface area contributed by atoms with Crippen molar-refractivity contribution in [1.82, 2.24) is 0 Å². The topological polar surface area (TPSA) is 79.5 Å². The van der Waals surface area contributed by atoms with Gasteiger partial charge in [0.25, 0.3) is 5.91 Å². The Balaban J connectivity index is 2.24. The molecular formula is C12H8ClNO4. The Morgan fingerprint density at radius 2 is 2.06 bits per heavy atom. The number of nitrogens with one attached hydrogen (secondary N) is 1. The smallest absolute Gasteiger partial charge is 0.335 e. The number of amides is 1. The lowest BCUT2D eigenvalue weighted by Gasteiger charge is -2.05. The highest BCUT2D eigenvalue weighted by Gasteiger charge is 2.11. The molecule has 0 atom stereocenters. The van der Waals surface area contributed by atoms with Crippen LogP contribution in [-0.4, -0.2) is 17.0 Å². The number of furan rings is 1. The maximum Gasteiger partial charge on any atom is 0.335 e. The Kier molecular flexibility index (Phi) is 3.34. The number of benzene rings is 1. The molecule has 0 radical (unpaired) electrons. The third kappa shape index (κ3) is 2.70. The number of anilines is 1. The third-order valence-electron chi connectivity index (χ3n) is 2.15. The Morgan fingerprint density at radius 3 is 2.67 bits per heavy atom. The van der Waals surface area contributed by atoms with E-state index in [9.17, 15) is 9.59 Å². The van der Waals surface area contributed by atoms with Gasteiger partial charge in [0.1, 0.15) is 0 Å². The van der Waals surface area contributed by atoms with Gasteiger partial charge in [0, 0.05) is 10.7 Å². The molecule has 6 heteroatoms. The van der Waals surface area contributed by atoms with Crippen molar-refractivity contribution in [2.45, 2.75) is 0 Å².